The van der Waals surface area contributed by atoms with Crippen LogP contribution in [0.5, 0.6) is 5.75 Å². The van der Waals surface area contributed by atoms with Crippen molar-refractivity contribution in [1.29, 1.82) is 0 Å². The maximum Gasteiger partial charge on any atom is 0.271 e. The fourth-order valence-corrected chi connectivity index (χ4v) is 3.17. The largest absolute Gasteiger partial charge is 0.476 e. The molecule has 1 amide bonds. The Balaban J connectivity index is 1.87. The molecule has 0 spiro atoms. The summed E-state index contributed by atoms with van der Waals surface area (Å²) in [5, 5.41) is 0.765. The van der Waals surface area contributed by atoms with E-state index in [1.807, 2.05) is 32.0 Å². The molecular weight excluding hydrogens is 349 g/mol. The predicted molar refractivity (Wildman–Crippen MR) is 94.1 cm³/mol. The van der Waals surface area contributed by atoms with Gasteiger partial charge in [0.2, 0.25) is 6.10 Å². The molecule has 1 aliphatic rings. The summed E-state index contributed by atoms with van der Waals surface area (Å²) in [6, 6.07) is 9.68. The molecule has 2 aromatic carbocycles. The number of halogens is 2. The molecule has 0 aliphatic carbocycles. The highest BCUT2D eigenvalue weighted by atomic mass is 35.5. The minimum absolute atomic E-state index is 0.271. The van der Waals surface area contributed by atoms with Crippen LogP contribution in [0, 0.1) is 13.8 Å². The lowest BCUT2D eigenvalue weighted by Gasteiger charge is -2.44. The van der Waals surface area contributed by atoms with Crippen LogP contribution in [0.4, 0.5) is 5.69 Å². The number of aldehydes is 1. The summed E-state index contributed by atoms with van der Waals surface area (Å²) in [6.07, 6.45) is -0.168. The van der Waals surface area contributed by atoms with Crippen molar-refractivity contribution in [2.45, 2.75) is 26.0 Å². The summed E-state index contributed by atoms with van der Waals surface area (Å²) in [6.45, 7) is 3.88. The van der Waals surface area contributed by atoms with Gasteiger partial charge in [0, 0.05) is 10.7 Å². The monoisotopic (exact) mass is 363 g/mol. The Kier molecular flexibility index (Phi) is 4.52. The first-order valence-electron chi connectivity index (χ1n) is 7.40. The van der Waals surface area contributed by atoms with Crippen LogP contribution in [0.15, 0.2) is 36.4 Å². The number of benzene rings is 2. The van der Waals surface area contributed by atoms with Crippen LogP contribution in [0.1, 0.15) is 11.1 Å². The number of anilines is 1. The second-order valence-electron chi connectivity index (χ2n) is 5.67. The number of hydrogen-bond donors (Lipinski definition) is 0. The van der Waals surface area contributed by atoms with E-state index < -0.39 is 12.1 Å². The van der Waals surface area contributed by atoms with Gasteiger partial charge >= 0.3 is 0 Å². The van der Waals surface area contributed by atoms with E-state index in [-0.39, 0.29) is 5.91 Å². The zero-order valence-corrected chi connectivity index (χ0v) is 14.6. The third-order valence-corrected chi connectivity index (χ3v) is 4.74. The van der Waals surface area contributed by atoms with E-state index in [1.165, 1.54) is 11.0 Å². The summed E-state index contributed by atoms with van der Waals surface area (Å²) in [5.74, 6) is 0.0543. The quantitative estimate of drug-likeness (QED) is 0.609. The molecule has 1 saturated heterocycles. The topological polar surface area (TPSA) is 46.6 Å². The molecule has 0 bridgehead atoms. The van der Waals surface area contributed by atoms with Crippen LogP contribution in [0.2, 0.25) is 10.0 Å². The fourth-order valence-electron chi connectivity index (χ4n) is 2.72. The highest BCUT2D eigenvalue weighted by Crippen LogP contribution is 2.35. The maximum absolute atomic E-state index is 12.6. The average molecular weight is 364 g/mol. The van der Waals surface area contributed by atoms with Crippen molar-refractivity contribution >= 4 is 41.1 Å². The molecule has 0 N–H and O–H groups in total. The van der Waals surface area contributed by atoms with Crippen LogP contribution in [-0.2, 0) is 9.59 Å². The average Bonchev–Trinajstić information content (AvgIpc) is 2.55. The van der Waals surface area contributed by atoms with Crippen LogP contribution < -0.4 is 9.64 Å². The molecule has 124 valence electrons. The zero-order valence-electron chi connectivity index (χ0n) is 13.1. The summed E-state index contributed by atoms with van der Waals surface area (Å²) < 4.78 is 5.66. The lowest BCUT2D eigenvalue weighted by molar-refractivity contribution is -0.138. The van der Waals surface area contributed by atoms with E-state index in [0.29, 0.717) is 15.8 Å². The molecule has 3 rings (SSSR count). The number of amides is 1. The van der Waals surface area contributed by atoms with Crippen LogP contribution in [0.25, 0.3) is 0 Å². The first-order valence-corrected chi connectivity index (χ1v) is 8.16. The zero-order chi connectivity index (χ0) is 17.4. The van der Waals surface area contributed by atoms with Gasteiger partial charge < -0.3 is 9.53 Å². The van der Waals surface area contributed by atoms with Gasteiger partial charge in [0.25, 0.3) is 5.91 Å². The van der Waals surface area contributed by atoms with Crippen molar-refractivity contribution in [3.8, 4) is 5.75 Å². The van der Waals surface area contributed by atoms with Crippen molar-refractivity contribution in [3.05, 3.63) is 57.6 Å². The number of ether oxygens (including phenoxy) is 1. The minimum Gasteiger partial charge on any atom is -0.476 e. The van der Waals surface area contributed by atoms with Gasteiger partial charge in [0.15, 0.2) is 0 Å². The van der Waals surface area contributed by atoms with Crippen LogP contribution >= 0.6 is 23.2 Å². The third-order valence-electron chi connectivity index (χ3n) is 4.21. The molecule has 0 radical (unpaired) electrons. The van der Waals surface area contributed by atoms with Crippen molar-refractivity contribution in [2.75, 3.05) is 4.90 Å². The van der Waals surface area contributed by atoms with E-state index in [9.17, 15) is 9.59 Å². The molecule has 2 atom stereocenters. The van der Waals surface area contributed by atoms with Gasteiger partial charge in [0.05, 0.1) is 5.02 Å². The predicted octanol–water partition coefficient (Wildman–Crippen LogP) is 3.97. The number of nitrogens with zero attached hydrogens (tertiary/aromatic N) is 1. The molecule has 2 unspecified atom stereocenters. The fraction of sp³-hybridized carbons (Fsp3) is 0.222. The van der Waals surface area contributed by atoms with Gasteiger partial charge in [-0.1, -0.05) is 35.3 Å². The van der Waals surface area contributed by atoms with Crippen molar-refractivity contribution in [1.82, 2.24) is 0 Å². The molecule has 0 aromatic heterocycles. The first-order chi connectivity index (χ1) is 11.4. The highest BCUT2D eigenvalue weighted by molar-refractivity contribution is 6.35. The van der Waals surface area contributed by atoms with Gasteiger partial charge in [-0.2, -0.15) is 0 Å². The van der Waals surface area contributed by atoms with Gasteiger partial charge in [-0.3, -0.25) is 9.69 Å². The summed E-state index contributed by atoms with van der Waals surface area (Å²) >= 11 is 11.9. The normalized spacial score (nSPS) is 19.8. The number of carbonyl (C=O) groups is 2. The van der Waals surface area contributed by atoms with Crippen molar-refractivity contribution in [2.24, 2.45) is 0 Å². The molecule has 1 aliphatic heterocycles. The van der Waals surface area contributed by atoms with E-state index >= 15 is 0 Å². The summed E-state index contributed by atoms with van der Waals surface area (Å²) in [7, 11) is 0. The minimum atomic E-state index is -0.888. The first kappa shape index (κ1) is 16.8. The molecule has 2 aromatic rings. The SMILES string of the molecule is Cc1cccc(N2C(=O)C(Oc3ccc(Cl)cc3Cl)C2C=O)c1C. The molecule has 1 fully saturated rings. The second kappa shape index (κ2) is 6.46. The molecule has 24 heavy (non-hydrogen) atoms. The Morgan fingerprint density at radius 1 is 1.17 bits per heavy atom. The van der Waals surface area contributed by atoms with Crippen LogP contribution in [0.3, 0.4) is 0 Å². The number of hydrogen-bond acceptors (Lipinski definition) is 3. The van der Waals surface area contributed by atoms with E-state index in [0.717, 1.165) is 23.1 Å². The number of aryl methyl sites for hydroxylation is 1. The van der Waals surface area contributed by atoms with E-state index in [1.54, 1.807) is 12.1 Å². The van der Waals surface area contributed by atoms with Crippen molar-refractivity contribution < 1.29 is 14.3 Å². The van der Waals surface area contributed by atoms with Gasteiger partial charge in [-0.25, -0.2) is 0 Å². The number of carbonyl (C=O) groups excluding carboxylic acids is 2. The molecule has 0 saturated carbocycles. The standard InChI is InChI=1S/C18H15Cl2NO3/c1-10-4-3-5-14(11(10)2)21-15(9-22)17(18(21)23)24-16-7-6-12(19)8-13(16)20/h3-9,15,17H,1-2H3. The Labute approximate surface area is 149 Å². The Morgan fingerprint density at radius 2 is 1.92 bits per heavy atom. The lowest BCUT2D eigenvalue weighted by Crippen LogP contribution is -2.68. The smallest absolute Gasteiger partial charge is 0.271 e. The van der Waals surface area contributed by atoms with E-state index in [4.69, 9.17) is 27.9 Å². The Bertz CT molecular complexity index is 822. The van der Waals surface area contributed by atoms with Gasteiger partial charge in [0.1, 0.15) is 18.1 Å². The number of β-lactam (4-membered cyclic amide) rings is 1. The molecule has 1 heterocycles. The number of rotatable bonds is 4. The molecule has 4 nitrogen and oxygen atoms in total. The Hall–Kier alpha value is -2.04. The summed E-state index contributed by atoms with van der Waals surface area (Å²) in [4.78, 5) is 25.5. The summed E-state index contributed by atoms with van der Waals surface area (Å²) in [5.41, 5.74) is 2.73. The van der Waals surface area contributed by atoms with E-state index in [2.05, 4.69) is 0 Å². The second-order valence-corrected chi connectivity index (χ2v) is 6.51. The van der Waals surface area contributed by atoms with Gasteiger partial charge in [-0.15, -0.1) is 0 Å². The van der Waals surface area contributed by atoms with Gasteiger partial charge in [-0.05, 0) is 49.2 Å². The molecular formula is C18H15Cl2NO3. The maximum atomic E-state index is 12.6. The Morgan fingerprint density at radius 3 is 2.58 bits per heavy atom. The molecule has 6 heteroatoms. The third kappa shape index (κ3) is 2.76. The highest BCUT2D eigenvalue weighted by Gasteiger charge is 2.50. The van der Waals surface area contributed by atoms with Crippen molar-refractivity contribution in [3.63, 3.8) is 0 Å². The lowest BCUT2D eigenvalue weighted by atomic mass is 9.95. The van der Waals surface area contributed by atoms with Crippen LogP contribution in [-0.4, -0.2) is 24.3 Å².